The summed E-state index contributed by atoms with van der Waals surface area (Å²) in [6.45, 7) is 8.44. The maximum atomic E-state index is 11.0. The maximum absolute atomic E-state index is 11.0. The van der Waals surface area contributed by atoms with Crippen molar-refractivity contribution in [2.45, 2.75) is 46.6 Å². The molecule has 0 amide bonds. The van der Waals surface area contributed by atoms with Crippen LogP contribution in [0, 0.1) is 23.2 Å². The van der Waals surface area contributed by atoms with Gasteiger partial charge in [0.05, 0.1) is 0 Å². The van der Waals surface area contributed by atoms with Crippen molar-refractivity contribution in [1.82, 2.24) is 0 Å². The Morgan fingerprint density at radius 1 is 1.29 bits per heavy atom. The molecule has 0 aromatic carbocycles. The number of hydrogen-bond donors (Lipinski definition) is 0. The van der Waals surface area contributed by atoms with E-state index in [0.29, 0.717) is 17.3 Å². The molecule has 0 aromatic rings. The summed E-state index contributed by atoms with van der Waals surface area (Å²) < 4.78 is 5.41. The third-order valence-corrected chi connectivity index (χ3v) is 4.48. The van der Waals surface area contributed by atoms with Crippen molar-refractivity contribution in [1.29, 1.82) is 0 Å². The van der Waals surface area contributed by atoms with Gasteiger partial charge in [-0.15, -0.1) is 0 Å². The van der Waals surface area contributed by atoms with E-state index in [2.05, 4.69) is 20.8 Å². The first-order valence-corrected chi connectivity index (χ1v) is 5.60. The van der Waals surface area contributed by atoms with Crippen molar-refractivity contribution in [2.24, 2.45) is 23.2 Å². The number of fused-ring (bicyclic) bond motifs is 2. The Balaban J connectivity index is 2.10. The van der Waals surface area contributed by atoms with Gasteiger partial charge in [-0.05, 0) is 30.1 Å². The van der Waals surface area contributed by atoms with E-state index >= 15 is 0 Å². The Labute approximate surface area is 86.0 Å². The van der Waals surface area contributed by atoms with Gasteiger partial charge in [-0.25, -0.2) is 0 Å². The van der Waals surface area contributed by atoms with Gasteiger partial charge in [0.25, 0.3) is 0 Å². The SMILES string of the molecule is CC(=O)O[C@H]1C[C@H](C)[C@H]2C[C@@H]1C2(C)C. The Morgan fingerprint density at radius 2 is 1.93 bits per heavy atom. The highest BCUT2D eigenvalue weighted by atomic mass is 16.5. The normalized spacial score (nSPS) is 44.0. The molecule has 3 fully saturated rings. The van der Waals surface area contributed by atoms with Crippen molar-refractivity contribution in [3.8, 4) is 0 Å². The zero-order valence-corrected chi connectivity index (χ0v) is 9.54. The van der Waals surface area contributed by atoms with Crippen molar-refractivity contribution < 1.29 is 9.53 Å². The van der Waals surface area contributed by atoms with Gasteiger partial charge in [0, 0.05) is 12.8 Å². The second-order valence-corrected chi connectivity index (χ2v) is 5.63. The summed E-state index contributed by atoms with van der Waals surface area (Å²) in [5.41, 5.74) is 0.387. The van der Waals surface area contributed by atoms with Crippen molar-refractivity contribution in [2.75, 3.05) is 0 Å². The van der Waals surface area contributed by atoms with Crippen LogP contribution in [0.2, 0.25) is 0 Å². The molecule has 3 saturated carbocycles. The van der Waals surface area contributed by atoms with E-state index in [-0.39, 0.29) is 12.1 Å². The van der Waals surface area contributed by atoms with Crippen LogP contribution in [0.3, 0.4) is 0 Å². The Kier molecular flexibility index (Phi) is 2.13. The summed E-state index contributed by atoms with van der Waals surface area (Å²) in [6.07, 6.45) is 2.51. The number of carbonyl (C=O) groups excluding carboxylic acids is 1. The van der Waals surface area contributed by atoms with Gasteiger partial charge in [0.1, 0.15) is 6.10 Å². The summed E-state index contributed by atoms with van der Waals surface area (Å²) in [7, 11) is 0. The summed E-state index contributed by atoms with van der Waals surface area (Å²) >= 11 is 0. The zero-order valence-electron chi connectivity index (χ0n) is 9.54. The van der Waals surface area contributed by atoms with E-state index in [1.165, 1.54) is 13.3 Å². The molecular formula is C12H20O2. The van der Waals surface area contributed by atoms with Crippen LogP contribution in [-0.2, 0) is 9.53 Å². The largest absolute Gasteiger partial charge is 0.462 e. The molecule has 2 nitrogen and oxygen atoms in total. The summed E-state index contributed by atoms with van der Waals surface area (Å²) in [5.74, 6) is 2.04. The molecule has 0 spiro atoms. The van der Waals surface area contributed by atoms with Crippen LogP contribution in [0.1, 0.15) is 40.5 Å². The predicted molar refractivity (Wildman–Crippen MR) is 54.7 cm³/mol. The lowest BCUT2D eigenvalue weighted by atomic mass is 9.45. The molecule has 3 aliphatic rings. The molecule has 2 bridgehead atoms. The van der Waals surface area contributed by atoms with E-state index in [1.54, 1.807) is 0 Å². The Bertz CT molecular complexity index is 257. The third-order valence-electron chi connectivity index (χ3n) is 4.48. The minimum atomic E-state index is -0.122. The molecule has 0 heterocycles. The van der Waals surface area contributed by atoms with Crippen LogP contribution in [0.4, 0.5) is 0 Å². The fourth-order valence-corrected chi connectivity index (χ4v) is 3.63. The standard InChI is InChI=1S/C12H20O2/c1-7-5-11(14-8(2)13)10-6-9(7)12(10,3)4/h7,9-11H,5-6H2,1-4H3/t7-,9+,10-,11-/m0/s1. The minimum Gasteiger partial charge on any atom is -0.462 e. The van der Waals surface area contributed by atoms with Crippen LogP contribution < -0.4 is 0 Å². The molecule has 80 valence electrons. The molecule has 0 saturated heterocycles. The summed E-state index contributed by atoms with van der Waals surface area (Å²) in [4.78, 5) is 11.0. The first kappa shape index (κ1) is 10.0. The van der Waals surface area contributed by atoms with Crippen LogP contribution in [0.5, 0.6) is 0 Å². The van der Waals surface area contributed by atoms with E-state index < -0.39 is 0 Å². The molecule has 4 atom stereocenters. The van der Waals surface area contributed by atoms with Crippen molar-refractivity contribution in [3.63, 3.8) is 0 Å². The van der Waals surface area contributed by atoms with Gasteiger partial charge < -0.3 is 4.74 Å². The smallest absolute Gasteiger partial charge is 0.302 e. The highest BCUT2D eigenvalue weighted by Gasteiger charge is 2.58. The Morgan fingerprint density at radius 3 is 2.36 bits per heavy atom. The molecule has 0 unspecified atom stereocenters. The fourth-order valence-electron chi connectivity index (χ4n) is 3.63. The second-order valence-electron chi connectivity index (χ2n) is 5.63. The summed E-state index contributed by atoms with van der Waals surface area (Å²) in [6, 6.07) is 0. The lowest BCUT2D eigenvalue weighted by molar-refractivity contribution is -0.193. The first-order valence-electron chi connectivity index (χ1n) is 5.60. The van der Waals surface area contributed by atoms with Gasteiger partial charge in [-0.3, -0.25) is 4.79 Å². The molecule has 0 aromatic heterocycles. The minimum absolute atomic E-state index is 0.122. The molecular weight excluding hydrogens is 176 g/mol. The van der Waals surface area contributed by atoms with Gasteiger partial charge in [-0.1, -0.05) is 20.8 Å². The van der Waals surface area contributed by atoms with Crippen LogP contribution >= 0.6 is 0 Å². The number of carbonyl (C=O) groups is 1. The molecule has 0 radical (unpaired) electrons. The lowest BCUT2D eigenvalue weighted by Crippen LogP contribution is -2.58. The average molecular weight is 196 g/mol. The zero-order chi connectivity index (χ0) is 10.5. The van der Waals surface area contributed by atoms with Crippen LogP contribution in [-0.4, -0.2) is 12.1 Å². The highest BCUT2D eigenvalue weighted by molar-refractivity contribution is 5.66. The van der Waals surface area contributed by atoms with Crippen molar-refractivity contribution in [3.05, 3.63) is 0 Å². The van der Waals surface area contributed by atoms with Crippen LogP contribution in [0.25, 0.3) is 0 Å². The van der Waals surface area contributed by atoms with Crippen LogP contribution in [0.15, 0.2) is 0 Å². The number of esters is 1. The molecule has 0 N–H and O–H groups in total. The van der Waals surface area contributed by atoms with E-state index in [1.807, 2.05) is 0 Å². The van der Waals surface area contributed by atoms with Gasteiger partial charge in [-0.2, -0.15) is 0 Å². The van der Waals surface area contributed by atoms with Crippen molar-refractivity contribution >= 4 is 5.97 Å². The van der Waals surface area contributed by atoms with E-state index in [9.17, 15) is 4.79 Å². The second kappa shape index (κ2) is 2.98. The molecule has 3 rings (SSSR count). The monoisotopic (exact) mass is 196 g/mol. The number of ether oxygens (including phenoxy) is 1. The average Bonchev–Trinajstić information content (AvgIpc) is 2.00. The Hall–Kier alpha value is -0.530. The maximum Gasteiger partial charge on any atom is 0.302 e. The molecule has 3 aliphatic carbocycles. The predicted octanol–water partition coefficient (Wildman–Crippen LogP) is 2.62. The lowest BCUT2D eigenvalue weighted by Gasteiger charge is -2.61. The highest BCUT2D eigenvalue weighted by Crippen LogP contribution is 2.61. The molecule has 14 heavy (non-hydrogen) atoms. The topological polar surface area (TPSA) is 26.3 Å². The first-order chi connectivity index (χ1) is 6.43. The van der Waals surface area contributed by atoms with Gasteiger partial charge in [0.2, 0.25) is 0 Å². The number of hydrogen-bond acceptors (Lipinski definition) is 2. The van der Waals surface area contributed by atoms with E-state index in [4.69, 9.17) is 4.74 Å². The number of rotatable bonds is 1. The quantitative estimate of drug-likeness (QED) is 0.603. The molecule has 2 heteroatoms. The van der Waals surface area contributed by atoms with Gasteiger partial charge >= 0.3 is 5.97 Å². The third kappa shape index (κ3) is 1.27. The van der Waals surface area contributed by atoms with Gasteiger partial charge in [0.15, 0.2) is 0 Å². The summed E-state index contributed by atoms with van der Waals surface area (Å²) in [5, 5.41) is 0. The fraction of sp³-hybridized carbons (Fsp3) is 0.917. The molecule has 0 aliphatic heterocycles. The van der Waals surface area contributed by atoms with E-state index in [0.717, 1.165) is 12.3 Å².